The van der Waals surface area contributed by atoms with Crippen LogP contribution >= 0.6 is 0 Å². The average molecular weight is 261 g/mol. The zero-order valence-corrected chi connectivity index (χ0v) is 11.5. The second-order valence-electron chi connectivity index (χ2n) is 4.13. The highest BCUT2D eigenvalue weighted by Gasteiger charge is 2.02. The molecule has 0 rings (SSSR count). The summed E-state index contributed by atoms with van der Waals surface area (Å²) in [7, 11) is 1.64. The van der Waals surface area contributed by atoms with Crippen molar-refractivity contribution in [2.45, 2.75) is 38.5 Å². The molecule has 5 nitrogen and oxygen atoms in total. The summed E-state index contributed by atoms with van der Waals surface area (Å²) in [4.78, 5) is 11.3. The maximum atomic E-state index is 11.3. The van der Waals surface area contributed by atoms with Crippen LogP contribution in [-0.4, -0.2) is 46.1 Å². The van der Waals surface area contributed by atoms with Gasteiger partial charge in [0.25, 0.3) is 0 Å². The minimum absolute atomic E-state index is 0.111. The Morgan fingerprint density at radius 2 is 1.72 bits per heavy atom. The highest BCUT2D eigenvalue weighted by Crippen LogP contribution is 2.03. The molecule has 108 valence electrons. The molecule has 2 N–H and O–H groups in total. The highest BCUT2D eigenvalue weighted by molar-refractivity contribution is 5.69. The Morgan fingerprint density at radius 1 is 0.944 bits per heavy atom. The summed E-state index contributed by atoms with van der Waals surface area (Å²) in [5, 5.41) is 0. The molecule has 0 fully saturated rings. The molecule has 5 heteroatoms. The maximum absolute atomic E-state index is 11.3. The second kappa shape index (κ2) is 14.4. The molecule has 0 aromatic rings. The molecule has 0 saturated heterocycles. The Hall–Kier alpha value is -0.650. The lowest BCUT2D eigenvalue weighted by atomic mass is 10.1. The first kappa shape index (κ1) is 17.4. The van der Waals surface area contributed by atoms with Crippen LogP contribution in [0.3, 0.4) is 0 Å². The third kappa shape index (κ3) is 13.4. The number of carbonyl (C=O) groups excluding carboxylic acids is 1. The van der Waals surface area contributed by atoms with E-state index in [2.05, 4.69) is 0 Å². The fourth-order valence-electron chi connectivity index (χ4n) is 1.43. The third-order valence-corrected chi connectivity index (χ3v) is 2.46. The van der Waals surface area contributed by atoms with Crippen LogP contribution in [0.15, 0.2) is 0 Å². The van der Waals surface area contributed by atoms with Crippen LogP contribution < -0.4 is 5.73 Å². The van der Waals surface area contributed by atoms with Gasteiger partial charge in [-0.15, -0.1) is 0 Å². The minimum atomic E-state index is -0.111. The number of unbranched alkanes of at least 4 members (excludes halogenated alkanes) is 3. The van der Waals surface area contributed by atoms with Crippen molar-refractivity contribution in [3.05, 3.63) is 0 Å². The summed E-state index contributed by atoms with van der Waals surface area (Å²) in [6.45, 7) is 2.96. The molecule has 0 heterocycles. The topological polar surface area (TPSA) is 70.8 Å². The molecule has 0 saturated carbocycles. The normalized spacial score (nSPS) is 10.6. The number of carbonyl (C=O) groups is 1. The van der Waals surface area contributed by atoms with E-state index in [0.717, 1.165) is 38.6 Å². The monoisotopic (exact) mass is 261 g/mol. The van der Waals surface area contributed by atoms with Gasteiger partial charge in [0.05, 0.1) is 19.8 Å². The van der Waals surface area contributed by atoms with E-state index < -0.39 is 0 Å². The van der Waals surface area contributed by atoms with Gasteiger partial charge in [0.1, 0.15) is 0 Å². The molecule has 0 bridgehead atoms. The summed E-state index contributed by atoms with van der Waals surface area (Å²) in [6, 6.07) is 0. The summed E-state index contributed by atoms with van der Waals surface area (Å²) in [5.74, 6) is -0.111. The lowest BCUT2D eigenvalue weighted by Crippen LogP contribution is -2.09. The van der Waals surface area contributed by atoms with Gasteiger partial charge in [-0.25, -0.2) is 0 Å². The molecule has 18 heavy (non-hydrogen) atoms. The van der Waals surface area contributed by atoms with Crippen LogP contribution in [0, 0.1) is 0 Å². The van der Waals surface area contributed by atoms with Crippen molar-refractivity contribution in [3.63, 3.8) is 0 Å². The molecule has 0 aliphatic heterocycles. The van der Waals surface area contributed by atoms with E-state index in [1.165, 1.54) is 0 Å². The smallest absolute Gasteiger partial charge is 0.305 e. The first-order valence-electron chi connectivity index (χ1n) is 6.73. The van der Waals surface area contributed by atoms with Gasteiger partial charge in [0.15, 0.2) is 0 Å². The molecule has 0 radical (unpaired) electrons. The van der Waals surface area contributed by atoms with Crippen LogP contribution in [0.1, 0.15) is 38.5 Å². The van der Waals surface area contributed by atoms with Crippen LogP contribution in [0.5, 0.6) is 0 Å². The second-order valence-corrected chi connectivity index (χ2v) is 4.13. The van der Waals surface area contributed by atoms with E-state index in [0.29, 0.717) is 32.8 Å². The Bertz CT molecular complexity index is 188. The zero-order chi connectivity index (χ0) is 13.5. The molecule has 0 aliphatic rings. The SMILES string of the molecule is COCCOCCCOC(=O)CCCCCCN. The predicted molar refractivity (Wildman–Crippen MR) is 70.4 cm³/mol. The van der Waals surface area contributed by atoms with Crippen LogP contribution in [-0.2, 0) is 19.0 Å². The standard InChI is InChI=1S/C13H27NO4/c1-16-11-12-17-9-6-10-18-13(15)7-4-2-3-5-8-14/h2-12,14H2,1H3. The van der Waals surface area contributed by atoms with Crippen molar-refractivity contribution >= 4 is 5.97 Å². The van der Waals surface area contributed by atoms with Crippen molar-refractivity contribution in [2.24, 2.45) is 5.73 Å². The number of rotatable bonds is 13. The summed E-state index contributed by atoms with van der Waals surface area (Å²) in [6.07, 6.45) is 5.32. The third-order valence-electron chi connectivity index (χ3n) is 2.46. The molecular formula is C13H27NO4. The van der Waals surface area contributed by atoms with E-state index in [4.69, 9.17) is 19.9 Å². The molecular weight excluding hydrogens is 234 g/mol. The number of nitrogens with two attached hydrogens (primary N) is 1. The van der Waals surface area contributed by atoms with Gasteiger partial charge >= 0.3 is 5.97 Å². The van der Waals surface area contributed by atoms with Gasteiger partial charge in [-0.1, -0.05) is 12.8 Å². The number of hydrogen-bond donors (Lipinski definition) is 1. The van der Waals surface area contributed by atoms with Crippen LogP contribution in [0.2, 0.25) is 0 Å². The molecule has 0 aromatic carbocycles. The highest BCUT2D eigenvalue weighted by atomic mass is 16.5. The van der Waals surface area contributed by atoms with Crippen molar-refractivity contribution in [1.29, 1.82) is 0 Å². The first-order chi connectivity index (χ1) is 8.81. The lowest BCUT2D eigenvalue weighted by molar-refractivity contribution is -0.144. The number of methoxy groups -OCH3 is 1. The molecule has 0 atom stereocenters. The Balaban J connectivity index is 3.12. The van der Waals surface area contributed by atoms with Gasteiger partial charge in [-0.05, 0) is 19.4 Å². The fraction of sp³-hybridized carbons (Fsp3) is 0.923. The maximum Gasteiger partial charge on any atom is 0.305 e. The van der Waals surface area contributed by atoms with Crippen molar-refractivity contribution in [2.75, 3.05) is 40.1 Å². The fourth-order valence-corrected chi connectivity index (χ4v) is 1.43. The Kier molecular flexibility index (Phi) is 13.9. The van der Waals surface area contributed by atoms with Gasteiger partial charge in [-0.3, -0.25) is 4.79 Å². The van der Waals surface area contributed by atoms with Gasteiger partial charge in [0.2, 0.25) is 0 Å². The lowest BCUT2D eigenvalue weighted by Gasteiger charge is -2.05. The predicted octanol–water partition coefficient (Wildman–Crippen LogP) is 1.49. The molecule has 0 amide bonds. The summed E-state index contributed by atoms with van der Waals surface area (Å²) >= 11 is 0. The van der Waals surface area contributed by atoms with Gasteiger partial charge in [-0.2, -0.15) is 0 Å². The van der Waals surface area contributed by atoms with Crippen LogP contribution in [0.25, 0.3) is 0 Å². The molecule has 0 unspecified atom stereocenters. The quantitative estimate of drug-likeness (QED) is 0.402. The minimum Gasteiger partial charge on any atom is -0.466 e. The zero-order valence-electron chi connectivity index (χ0n) is 11.5. The van der Waals surface area contributed by atoms with E-state index in [9.17, 15) is 4.79 Å². The average Bonchev–Trinajstić information content (AvgIpc) is 2.37. The molecule has 0 aromatic heterocycles. The number of ether oxygens (including phenoxy) is 3. The Morgan fingerprint density at radius 3 is 2.44 bits per heavy atom. The van der Waals surface area contributed by atoms with E-state index in [-0.39, 0.29) is 5.97 Å². The van der Waals surface area contributed by atoms with Crippen LogP contribution in [0.4, 0.5) is 0 Å². The van der Waals surface area contributed by atoms with Crippen molar-refractivity contribution in [3.8, 4) is 0 Å². The van der Waals surface area contributed by atoms with Gasteiger partial charge < -0.3 is 19.9 Å². The number of hydrogen-bond acceptors (Lipinski definition) is 5. The largest absolute Gasteiger partial charge is 0.466 e. The Labute approximate surface area is 110 Å². The van der Waals surface area contributed by atoms with E-state index >= 15 is 0 Å². The van der Waals surface area contributed by atoms with Crippen molar-refractivity contribution in [1.82, 2.24) is 0 Å². The van der Waals surface area contributed by atoms with E-state index in [1.807, 2.05) is 0 Å². The molecule has 0 spiro atoms. The molecule has 0 aliphatic carbocycles. The first-order valence-corrected chi connectivity index (χ1v) is 6.73. The van der Waals surface area contributed by atoms with Gasteiger partial charge in [0, 0.05) is 26.6 Å². The number of esters is 1. The van der Waals surface area contributed by atoms with Crippen molar-refractivity contribution < 1.29 is 19.0 Å². The summed E-state index contributed by atoms with van der Waals surface area (Å²) < 4.78 is 15.2. The summed E-state index contributed by atoms with van der Waals surface area (Å²) in [5.41, 5.74) is 5.38. The van der Waals surface area contributed by atoms with E-state index in [1.54, 1.807) is 7.11 Å².